The zero-order chi connectivity index (χ0) is 14.7. The van der Waals surface area contributed by atoms with Crippen LogP contribution in [0.1, 0.15) is 30.7 Å². The summed E-state index contributed by atoms with van der Waals surface area (Å²) in [6, 6.07) is 4.19. The van der Waals surface area contributed by atoms with Crippen molar-refractivity contribution >= 4 is 0 Å². The lowest BCUT2D eigenvalue weighted by Crippen LogP contribution is -2.14. The van der Waals surface area contributed by atoms with Gasteiger partial charge in [0.15, 0.2) is 6.39 Å². The summed E-state index contributed by atoms with van der Waals surface area (Å²) in [4.78, 5) is 4.09. The summed E-state index contributed by atoms with van der Waals surface area (Å²) < 4.78 is 16.5. The van der Waals surface area contributed by atoms with Crippen molar-refractivity contribution in [3.05, 3.63) is 41.6 Å². The minimum atomic E-state index is 0.243. The molecule has 1 aromatic heterocycles. The summed E-state index contributed by atoms with van der Waals surface area (Å²) in [5, 5.41) is 3.35. The third-order valence-corrected chi connectivity index (χ3v) is 3.48. The second kappa shape index (κ2) is 6.18. The van der Waals surface area contributed by atoms with E-state index in [1.807, 2.05) is 6.92 Å². The fourth-order valence-electron chi connectivity index (χ4n) is 2.56. The summed E-state index contributed by atoms with van der Waals surface area (Å²) in [5.74, 6) is 1.91. The highest BCUT2D eigenvalue weighted by Gasteiger charge is 2.21. The maximum absolute atomic E-state index is 5.82. The van der Waals surface area contributed by atoms with Crippen LogP contribution in [0, 0.1) is 0 Å². The molecular formula is C16H20N2O3. The second-order valence-corrected chi connectivity index (χ2v) is 5.22. The standard InChI is InChI=1S/C16H20N2O3/c1-3-20-15-5-12-4-11(2)21-16(12)6-13(15)7-17-8-14-9-19-10-18-14/h5-6,9-11,17H,3-4,7-8H2,1-2H3. The van der Waals surface area contributed by atoms with Gasteiger partial charge in [0.05, 0.1) is 12.3 Å². The van der Waals surface area contributed by atoms with Gasteiger partial charge in [0, 0.05) is 30.6 Å². The Morgan fingerprint density at radius 1 is 1.38 bits per heavy atom. The highest BCUT2D eigenvalue weighted by atomic mass is 16.5. The molecule has 2 heterocycles. The first kappa shape index (κ1) is 13.9. The van der Waals surface area contributed by atoms with Crippen molar-refractivity contribution in [3.63, 3.8) is 0 Å². The van der Waals surface area contributed by atoms with Gasteiger partial charge in [0.2, 0.25) is 0 Å². The zero-order valence-electron chi connectivity index (χ0n) is 12.4. The molecule has 5 heteroatoms. The van der Waals surface area contributed by atoms with Crippen LogP contribution in [0.4, 0.5) is 0 Å². The van der Waals surface area contributed by atoms with Crippen molar-refractivity contribution in [1.29, 1.82) is 0 Å². The minimum absolute atomic E-state index is 0.243. The lowest BCUT2D eigenvalue weighted by molar-refractivity contribution is 0.254. The van der Waals surface area contributed by atoms with Gasteiger partial charge >= 0.3 is 0 Å². The molecule has 1 unspecified atom stereocenters. The predicted molar refractivity (Wildman–Crippen MR) is 78.5 cm³/mol. The maximum atomic E-state index is 5.82. The van der Waals surface area contributed by atoms with Crippen molar-refractivity contribution in [3.8, 4) is 11.5 Å². The highest BCUT2D eigenvalue weighted by molar-refractivity contribution is 5.48. The molecule has 0 aliphatic carbocycles. The molecule has 1 atom stereocenters. The molecule has 0 amide bonds. The van der Waals surface area contributed by atoms with E-state index in [4.69, 9.17) is 13.9 Å². The first-order valence-corrected chi connectivity index (χ1v) is 7.29. The lowest BCUT2D eigenvalue weighted by Gasteiger charge is -2.13. The molecule has 0 radical (unpaired) electrons. The summed E-state index contributed by atoms with van der Waals surface area (Å²) in [6.07, 6.45) is 4.27. The van der Waals surface area contributed by atoms with Gasteiger partial charge in [-0.05, 0) is 26.0 Å². The third-order valence-electron chi connectivity index (χ3n) is 3.48. The van der Waals surface area contributed by atoms with E-state index >= 15 is 0 Å². The average molecular weight is 288 g/mol. The molecule has 0 saturated carbocycles. The van der Waals surface area contributed by atoms with E-state index in [-0.39, 0.29) is 6.10 Å². The van der Waals surface area contributed by atoms with Crippen molar-refractivity contribution < 1.29 is 13.9 Å². The van der Waals surface area contributed by atoms with Gasteiger partial charge < -0.3 is 19.2 Å². The van der Waals surface area contributed by atoms with E-state index in [1.54, 1.807) is 6.26 Å². The number of nitrogens with one attached hydrogen (secondary N) is 1. The van der Waals surface area contributed by atoms with Crippen molar-refractivity contribution in [2.45, 2.75) is 39.5 Å². The number of hydrogen-bond acceptors (Lipinski definition) is 5. The summed E-state index contributed by atoms with van der Waals surface area (Å²) >= 11 is 0. The molecule has 3 rings (SSSR count). The Balaban J connectivity index is 1.72. The quantitative estimate of drug-likeness (QED) is 0.885. The molecule has 0 spiro atoms. The Morgan fingerprint density at radius 2 is 2.29 bits per heavy atom. The Morgan fingerprint density at radius 3 is 3.05 bits per heavy atom. The summed E-state index contributed by atoms with van der Waals surface area (Å²) in [7, 11) is 0. The highest BCUT2D eigenvalue weighted by Crippen LogP contribution is 2.35. The molecule has 1 aliphatic heterocycles. The molecule has 0 bridgehead atoms. The van der Waals surface area contributed by atoms with Crippen LogP contribution in [0.2, 0.25) is 0 Å². The number of fused-ring (bicyclic) bond motifs is 1. The van der Waals surface area contributed by atoms with Crippen LogP contribution in [0.5, 0.6) is 11.5 Å². The van der Waals surface area contributed by atoms with Gasteiger partial charge in [-0.3, -0.25) is 0 Å². The SMILES string of the molecule is CCOc1cc2c(cc1CNCc1cocn1)OC(C)C2. The topological polar surface area (TPSA) is 56.5 Å². The molecule has 1 N–H and O–H groups in total. The van der Waals surface area contributed by atoms with Crippen LogP contribution in [0.15, 0.2) is 29.2 Å². The minimum Gasteiger partial charge on any atom is -0.494 e. The molecular weight excluding hydrogens is 268 g/mol. The van der Waals surface area contributed by atoms with Crippen molar-refractivity contribution in [2.75, 3.05) is 6.61 Å². The van der Waals surface area contributed by atoms with E-state index in [0.29, 0.717) is 19.7 Å². The summed E-state index contributed by atoms with van der Waals surface area (Å²) in [5.41, 5.74) is 3.22. The fourth-order valence-corrected chi connectivity index (χ4v) is 2.56. The van der Waals surface area contributed by atoms with Crippen molar-refractivity contribution in [2.24, 2.45) is 0 Å². The van der Waals surface area contributed by atoms with Crippen LogP contribution in [0.3, 0.4) is 0 Å². The molecule has 0 saturated heterocycles. The van der Waals surface area contributed by atoms with Gasteiger partial charge in [0.1, 0.15) is 23.9 Å². The maximum Gasteiger partial charge on any atom is 0.180 e. The van der Waals surface area contributed by atoms with E-state index in [2.05, 4.69) is 29.4 Å². The van der Waals surface area contributed by atoms with Crippen LogP contribution in [0.25, 0.3) is 0 Å². The Labute approximate surface area is 124 Å². The van der Waals surface area contributed by atoms with Gasteiger partial charge in [-0.15, -0.1) is 0 Å². The normalized spacial score (nSPS) is 16.6. The van der Waals surface area contributed by atoms with Gasteiger partial charge in [0.25, 0.3) is 0 Å². The van der Waals surface area contributed by atoms with Crippen LogP contribution in [-0.4, -0.2) is 17.7 Å². The Bertz CT molecular complexity index is 596. The molecule has 0 fully saturated rings. The Hall–Kier alpha value is -2.01. The number of ether oxygens (including phenoxy) is 2. The molecule has 112 valence electrons. The zero-order valence-corrected chi connectivity index (χ0v) is 12.4. The monoisotopic (exact) mass is 288 g/mol. The van der Waals surface area contributed by atoms with Crippen LogP contribution in [-0.2, 0) is 19.5 Å². The van der Waals surface area contributed by atoms with Crippen LogP contribution < -0.4 is 14.8 Å². The molecule has 21 heavy (non-hydrogen) atoms. The second-order valence-electron chi connectivity index (χ2n) is 5.22. The number of rotatable bonds is 6. The fraction of sp³-hybridized carbons (Fsp3) is 0.438. The van der Waals surface area contributed by atoms with Crippen LogP contribution >= 0.6 is 0 Å². The first-order valence-electron chi connectivity index (χ1n) is 7.29. The average Bonchev–Trinajstić information content (AvgIpc) is 3.07. The Kier molecular flexibility index (Phi) is 4.10. The summed E-state index contributed by atoms with van der Waals surface area (Å²) in [6.45, 7) is 6.11. The smallest absolute Gasteiger partial charge is 0.180 e. The first-order chi connectivity index (χ1) is 10.3. The van der Waals surface area contributed by atoms with E-state index in [0.717, 1.165) is 29.2 Å². The number of benzene rings is 1. The molecule has 1 aliphatic rings. The number of hydrogen-bond donors (Lipinski definition) is 1. The van der Waals surface area contributed by atoms with E-state index < -0.39 is 0 Å². The lowest BCUT2D eigenvalue weighted by atomic mass is 10.1. The number of aromatic nitrogens is 1. The van der Waals surface area contributed by atoms with E-state index in [1.165, 1.54) is 12.0 Å². The molecule has 1 aromatic carbocycles. The predicted octanol–water partition coefficient (Wildman–Crippen LogP) is 2.69. The number of oxazole rings is 1. The van der Waals surface area contributed by atoms with E-state index in [9.17, 15) is 0 Å². The van der Waals surface area contributed by atoms with Gasteiger partial charge in [-0.1, -0.05) is 0 Å². The molecule has 5 nitrogen and oxygen atoms in total. The van der Waals surface area contributed by atoms with Crippen molar-refractivity contribution in [1.82, 2.24) is 10.3 Å². The largest absolute Gasteiger partial charge is 0.494 e. The molecule has 2 aromatic rings. The third kappa shape index (κ3) is 3.19. The van der Waals surface area contributed by atoms with Gasteiger partial charge in [-0.2, -0.15) is 0 Å². The van der Waals surface area contributed by atoms with Gasteiger partial charge in [-0.25, -0.2) is 4.98 Å². The number of nitrogens with zero attached hydrogens (tertiary/aromatic N) is 1.